The minimum Gasteiger partial charge on any atom is -0.487 e. The quantitative estimate of drug-likeness (QED) is 0.812. The van der Waals surface area contributed by atoms with Crippen molar-refractivity contribution in [3.63, 3.8) is 0 Å². The van der Waals surface area contributed by atoms with Crippen molar-refractivity contribution in [2.24, 2.45) is 7.05 Å². The molecule has 1 saturated heterocycles. The summed E-state index contributed by atoms with van der Waals surface area (Å²) in [5.74, 6) is 0.460. The molecular formula is C17H19ClN2O4S. The highest BCUT2D eigenvalue weighted by Crippen LogP contribution is 2.28. The molecule has 6 nitrogen and oxygen atoms in total. The molecule has 134 valence electrons. The van der Waals surface area contributed by atoms with E-state index in [-0.39, 0.29) is 29.6 Å². The Labute approximate surface area is 151 Å². The van der Waals surface area contributed by atoms with Crippen LogP contribution in [0.15, 0.2) is 40.0 Å². The Kier molecular flexibility index (Phi) is 4.66. The maximum atomic E-state index is 12.7. The zero-order valence-corrected chi connectivity index (χ0v) is 15.8. The van der Waals surface area contributed by atoms with Crippen LogP contribution in [0.5, 0.6) is 5.75 Å². The van der Waals surface area contributed by atoms with Gasteiger partial charge in [0.15, 0.2) is 0 Å². The Morgan fingerprint density at radius 2 is 1.84 bits per heavy atom. The lowest BCUT2D eigenvalue weighted by atomic mass is 10.2. The van der Waals surface area contributed by atoms with E-state index in [1.54, 1.807) is 32.2 Å². The van der Waals surface area contributed by atoms with Crippen molar-refractivity contribution >= 4 is 21.6 Å². The van der Waals surface area contributed by atoms with E-state index >= 15 is 0 Å². The number of benzene rings is 1. The summed E-state index contributed by atoms with van der Waals surface area (Å²) in [6.45, 7) is 4.03. The molecule has 0 aliphatic carbocycles. The minimum absolute atomic E-state index is 0.159. The van der Waals surface area contributed by atoms with E-state index in [9.17, 15) is 13.2 Å². The molecular weight excluding hydrogens is 364 g/mol. The minimum atomic E-state index is -3.60. The Balaban J connectivity index is 1.72. The highest BCUT2D eigenvalue weighted by molar-refractivity contribution is 7.89. The normalized spacial score (nSPS) is 15.8. The fraction of sp³-hybridized carbons (Fsp3) is 0.353. The molecule has 0 amide bonds. The number of pyridine rings is 1. The van der Waals surface area contributed by atoms with Gasteiger partial charge in [-0.25, -0.2) is 8.42 Å². The van der Waals surface area contributed by atoms with E-state index in [1.807, 2.05) is 6.92 Å². The fourth-order valence-corrected chi connectivity index (χ4v) is 4.65. The molecule has 1 aliphatic heterocycles. The third-order valence-corrected chi connectivity index (χ3v) is 6.57. The number of ether oxygens (including phenoxy) is 1. The highest BCUT2D eigenvalue weighted by Gasteiger charge is 2.39. The van der Waals surface area contributed by atoms with Gasteiger partial charge >= 0.3 is 0 Å². The number of hydrogen-bond acceptors (Lipinski definition) is 4. The van der Waals surface area contributed by atoms with Gasteiger partial charge in [0.2, 0.25) is 10.0 Å². The largest absolute Gasteiger partial charge is 0.487 e. The number of aryl methyl sites for hydroxylation is 2. The molecule has 0 N–H and O–H groups in total. The van der Waals surface area contributed by atoms with Gasteiger partial charge < -0.3 is 9.30 Å². The van der Waals surface area contributed by atoms with Crippen LogP contribution in [-0.4, -0.2) is 36.5 Å². The molecule has 0 radical (unpaired) electrons. The molecule has 1 aliphatic rings. The first-order valence-corrected chi connectivity index (χ1v) is 9.61. The zero-order valence-electron chi connectivity index (χ0n) is 14.2. The first-order chi connectivity index (χ1) is 11.7. The van der Waals surface area contributed by atoms with Crippen molar-refractivity contribution in [1.29, 1.82) is 0 Å². The summed E-state index contributed by atoms with van der Waals surface area (Å²) >= 11 is 5.93. The number of halogens is 1. The van der Waals surface area contributed by atoms with Crippen LogP contribution in [0.4, 0.5) is 0 Å². The van der Waals surface area contributed by atoms with E-state index in [0.717, 1.165) is 5.69 Å². The monoisotopic (exact) mass is 382 g/mol. The van der Waals surface area contributed by atoms with E-state index in [0.29, 0.717) is 16.3 Å². The van der Waals surface area contributed by atoms with Crippen LogP contribution in [0.25, 0.3) is 0 Å². The first kappa shape index (κ1) is 18.0. The van der Waals surface area contributed by atoms with Crippen LogP contribution >= 0.6 is 11.6 Å². The molecule has 2 heterocycles. The van der Waals surface area contributed by atoms with Gasteiger partial charge in [-0.1, -0.05) is 17.7 Å². The fourth-order valence-electron chi connectivity index (χ4n) is 2.66. The molecule has 2 aromatic rings. The average molecular weight is 383 g/mol. The van der Waals surface area contributed by atoms with E-state index < -0.39 is 10.0 Å². The van der Waals surface area contributed by atoms with Crippen LogP contribution in [0.1, 0.15) is 11.3 Å². The predicted octanol–water partition coefficient (Wildman–Crippen LogP) is 2.11. The number of aromatic nitrogens is 1. The summed E-state index contributed by atoms with van der Waals surface area (Å²) in [5, 5.41) is 0.383. The first-order valence-electron chi connectivity index (χ1n) is 7.79. The van der Waals surface area contributed by atoms with Crippen LogP contribution in [0.3, 0.4) is 0 Å². The molecule has 0 unspecified atom stereocenters. The van der Waals surface area contributed by atoms with Crippen molar-refractivity contribution in [3.05, 3.63) is 57.0 Å². The second kappa shape index (κ2) is 6.48. The summed E-state index contributed by atoms with van der Waals surface area (Å²) in [4.78, 5) is 12.0. The third-order valence-electron chi connectivity index (χ3n) is 4.36. The number of sulfonamides is 1. The van der Waals surface area contributed by atoms with E-state index in [2.05, 4.69) is 0 Å². The van der Waals surface area contributed by atoms with Gasteiger partial charge in [-0.05, 0) is 37.6 Å². The topological polar surface area (TPSA) is 68.6 Å². The molecule has 0 bridgehead atoms. The second-order valence-corrected chi connectivity index (χ2v) is 8.54. The van der Waals surface area contributed by atoms with Crippen LogP contribution in [0, 0.1) is 13.8 Å². The lowest BCUT2D eigenvalue weighted by Crippen LogP contribution is -2.56. The number of nitrogens with zero attached hydrogens (tertiary/aromatic N) is 2. The van der Waals surface area contributed by atoms with Gasteiger partial charge in [-0.15, -0.1) is 0 Å². The van der Waals surface area contributed by atoms with Crippen molar-refractivity contribution in [3.8, 4) is 5.75 Å². The highest BCUT2D eigenvalue weighted by atomic mass is 35.5. The van der Waals surface area contributed by atoms with Gasteiger partial charge in [-0.2, -0.15) is 4.31 Å². The maximum Gasteiger partial charge on any atom is 0.254 e. The molecule has 0 spiro atoms. The molecule has 1 fully saturated rings. The summed E-state index contributed by atoms with van der Waals surface area (Å²) in [6, 6.07) is 7.98. The molecule has 0 atom stereocenters. The smallest absolute Gasteiger partial charge is 0.254 e. The Hall–Kier alpha value is -1.83. The molecule has 3 rings (SSSR count). The predicted molar refractivity (Wildman–Crippen MR) is 95.8 cm³/mol. The molecule has 0 saturated carbocycles. The second-order valence-electron chi connectivity index (χ2n) is 6.20. The van der Waals surface area contributed by atoms with Gasteiger partial charge in [0.1, 0.15) is 11.9 Å². The van der Waals surface area contributed by atoms with Gasteiger partial charge in [0, 0.05) is 23.8 Å². The third kappa shape index (κ3) is 3.44. The van der Waals surface area contributed by atoms with Crippen molar-refractivity contribution in [1.82, 2.24) is 8.87 Å². The Morgan fingerprint density at radius 3 is 2.48 bits per heavy atom. The molecule has 25 heavy (non-hydrogen) atoms. The van der Waals surface area contributed by atoms with E-state index in [1.165, 1.54) is 21.0 Å². The SMILES string of the molecule is Cc1ccc(Cl)cc1S(=O)(=O)N1CC(Oc2cc(C)n(C)c(=O)c2)C1. The van der Waals surface area contributed by atoms with Crippen molar-refractivity contribution in [2.45, 2.75) is 24.8 Å². The van der Waals surface area contributed by atoms with Gasteiger partial charge in [-0.3, -0.25) is 4.79 Å². The lowest BCUT2D eigenvalue weighted by molar-refractivity contribution is 0.0758. The number of rotatable bonds is 4. The van der Waals surface area contributed by atoms with Gasteiger partial charge in [0.05, 0.1) is 18.0 Å². The summed E-state index contributed by atoms with van der Waals surface area (Å²) < 4.78 is 34.0. The summed E-state index contributed by atoms with van der Waals surface area (Å²) in [7, 11) is -1.91. The Morgan fingerprint density at radius 1 is 1.16 bits per heavy atom. The lowest BCUT2D eigenvalue weighted by Gasteiger charge is -2.38. The summed E-state index contributed by atoms with van der Waals surface area (Å²) in [5.41, 5.74) is 1.27. The molecule has 1 aromatic heterocycles. The molecule has 8 heteroatoms. The van der Waals surface area contributed by atoms with Crippen molar-refractivity contribution in [2.75, 3.05) is 13.1 Å². The summed E-state index contributed by atoms with van der Waals surface area (Å²) in [6.07, 6.45) is -0.277. The maximum absolute atomic E-state index is 12.7. The van der Waals surface area contributed by atoms with Crippen molar-refractivity contribution < 1.29 is 13.2 Å². The van der Waals surface area contributed by atoms with Gasteiger partial charge in [0.25, 0.3) is 5.56 Å². The average Bonchev–Trinajstić information content (AvgIpc) is 2.50. The van der Waals surface area contributed by atoms with Crippen LogP contribution < -0.4 is 10.3 Å². The van der Waals surface area contributed by atoms with Crippen LogP contribution in [0.2, 0.25) is 5.02 Å². The zero-order chi connectivity index (χ0) is 18.4. The van der Waals surface area contributed by atoms with E-state index in [4.69, 9.17) is 16.3 Å². The molecule has 1 aromatic carbocycles. The number of hydrogen-bond donors (Lipinski definition) is 0. The Bertz CT molecular complexity index is 979. The standard InChI is InChI=1S/C17H19ClN2O4S/c1-11-4-5-13(18)7-16(11)25(22,23)20-9-15(10-20)24-14-6-12(2)19(3)17(21)8-14/h4-8,15H,9-10H2,1-3H3. The van der Waals surface area contributed by atoms with Crippen LogP contribution in [-0.2, 0) is 17.1 Å².